The van der Waals surface area contributed by atoms with Gasteiger partial charge < -0.3 is 5.11 Å². The maximum absolute atomic E-state index is 10.1. The predicted molar refractivity (Wildman–Crippen MR) is 137 cm³/mol. The molecule has 0 aliphatic rings. The number of aliphatic hydroxyl groups excluding tert-OH is 1. The number of hydrogen-bond acceptors (Lipinski definition) is 1. The molecule has 1 nitrogen and oxygen atoms in total. The Balaban J connectivity index is 3.22. The first-order valence-electron chi connectivity index (χ1n) is 13.8. The Bertz CT molecular complexity index is 357. The molecule has 1 heteroatoms. The van der Waals surface area contributed by atoms with Crippen LogP contribution in [0.4, 0.5) is 0 Å². The van der Waals surface area contributed by atoms with Gasteiger partial charge in [0.05, 0.1) is 6.10 Å². The van der Waals surface area contributed by atoms with E-state index in [0.717, 1.165) is 19.3 Å². The molecule has 0 aromatic rings. The average molecular weight is 421 g/mol. The van der Waals surface area contributed by atoms with Crippen molar-refractivity contribution in [2.45, 2.75) is 161 Å². The van der Waals surface area contributed by atoms with E-state index in [1.807, 2.05) is 0 Å². The van der Waals surface area contributed by atoms with Crippen LogP contribution in [0.3, 0.4) is 0 Å². The van der Waals surface area contributed by atoms with Crippen LogP contribution in [0.25, 0.3) is 0 Å². The summed E-state index contributed by atoms with van der Waals surface area (Å²) >= 11 is 0. The summed E-state index contributed by atoms with van der Waals surface area (Å²) in [7, 11) is 0. The molecule has 0 spiro atoms. The minimum absolute atomic E-state index is 0.0429. The van der Waals surface area contributed by atoms with Gasteiger partial charge in [0.25, 0.3) is 0 Å². The lowest BCUT2D eigenvalue weighted by atomic mass is 10.0. The number of unbranched alkanes of at least 4 members (excludes halogenated alkanes) is 16. The van der Waals surface area contributed by atoms with Crippen molar-refractivity contribution >= 4 is 0 Å². The van der Waals surface area contributed by atoms with Crippen LogP contribution in [-0.4, -0.2) is 11.2 Å². The molecule has 178 valence electrons. The predicted octanol–water partition coefficient (Wildman–Crippen LogP) is 10.1. The molecule has 0 aliphatic carbocycles. The minimum atomic E-state index is -0.0429. The van der Waals surface area contributed by atoms with E-state index in [-0.39, 0.29) is 6.10 Å². The zero-order valence-electron chi connectivity index (χ0n) is 20.9. The molecule has 0 aliphatic heterocycles. The van der Waals surface area contributed by atoms with E-state index in [1.165, 1.54) is 122 Å². The second-order valence-corrected chi connectivity index (χ2v) is 9.29. The average Bonchev–Trinajstić information content (AvgIpc) is 2.75. The van der Waals surface area contributed by atoms with Gasteiger partial charge in [0.2, 0.25) is 0 Å². The van der Waals surface area contributed by atoms with E-state index < -0.39 is 0 Å². The molecule has 0 fully saturated rings. The normalized spacial score (nSPS) is 13.0. The first kappa shape index (κ1) is 29.4. The lowest BCUT2D eigenvalue weighted by molar-refractivity contribution is 0.147. The van der Waals surface area contributed by atoms with Crippen LogP contribution in [-0.2, 0) is 0 Å². The summed E-state index contributed by atoms with van der Waals surface area (Å²) in [6.45, 7) is 4.53. The summed E-state index contributed by atoms with van der Waals surface area (Å²) in [5, 5.41) is 10.1. The van der Waals surface area contributed by atoms with E-state index in [9.17, 15) is 5.11 Å². The minimum Gasteiger partial charge on any atom is -0.393 e. The van der Waals surface area contributed by atoms with Crippen LogP contribution < -0.4 is 0 Å². The van der Waals surface area contributed by atoms with Gasteiger partial charge in [-0.15, -0.1) is 0 Å². The molecule has 1 unspecified atom stereocenters. The summed E-state index contributed by atoms with van der Waals surface area (Å²) in [6.07, 6.45) is 37.7. The van der Waals surface area contributed by atoms with Crippen LogP contribution in [0.2, 0.25) is 0 Å². The zero-order valence-corrected chi connectivity index (χ0v) is 20.9. The summed E-state index contributed by atoms with van der Waals surface area (Å²) in [6, 6.07) is 0. The van der Waals surface area contributed by atoms with Crippen LogP contribution in [0.5, 0.6) is 0 Å². The lowest BCUT2D eigenvalue weighted by Crippen LogP contribution is -2.05. The molecule has 0 saturated heterocycles. The highest BCUT2D eigenvalue weighted by Gasteiger charge is 2.03. The van der Waals surface area contributed by atoms with E-state index in [1.54, 1.807) is 0 Å². The van der Waals surface area contributed by atoms with Crippen molar-refractivity contribution in [3.63, 3.8) is 0 Å². The maximum Gasteiger partial charge on any atom is 0.0540 e. The molecular weight excluding hydrogens is 364 g/mol. The Morgan fingerprint density at radius 2 is 0.833 bits per heavy atom. The number of aliphatic hydroxyl groups is 1. The Labute approximate surface area is 190 Å². The van der Waals surface area contributed by atoms with Crippen molar-refractivity contribution < 1.29 is 5.11 Å². The van der Waals surface area contributed by atoms with Gasteiger partial charge in [0.15, 0.2) is 0 Å². The second kappa shape index (κ2) is 26.5. The van der Waals surface area contributed by atoms with E-state index in [4.69, 9.17) is 0 Å². The molecule has 30 heavy (non-hydrogen) atoms. The Morgan fingerprint density at radius 3 is 1.33 bits per heavy atom. The quantitative estimate of drug-likeness (QED) is 0.122. The first-order chi connectivity index (χ1) is 14.8. The fourth-order valence-corrected chi connectivity index (χ4v) is 4.03. The van der Waals surface area contributed by atoms with Gasteiger partial charge in [0, 0.05) is 0 Å². The summed E-state index contributed by atoms with van der Waals surface area (Å²) in [4.78, 5) is 0. The smallest absolute Gasteiger partial charge is 0.0540 e. The number of rotatable bonds is 24. The highest BCUT2D eigenvalue weighted by Crippen LogP contribution is 2.15. The number of allylic oxidation sites excluding steroid dienone is 4. The van der Waals surface area contributed by atoms with Gasteiger partial charge in [-0.1, -0.05) is 134 Å². The Hall–Kier alpha value is -0.560. The Kier molecular flexibility index (Phi) is 26.0. The van der Waals surface area contributed by atoms with Crippen molar-refractivity contribution in [3.8, 4) is 0 Å². The molecule has 0 aromatic carbocycles. The standard InChI is InChI=1S/C29H56O/c1-3-5-7-9-11-12-13-14-15-16-17-18-19-20-22-24-26-28-29(30)27-25-23-21-10-8-6-4-2/h11-12,14-15,29-30H,3-10,13,16-28H2,1-2H3/b12-11+,15-14+. The molecule has 0 aromatic heterocycles. The highest BCUT2D eigenvalue weighted by molar-refractivity contribution is 4.92. The molecule has 0 radical (unpaired) electrons. The number of hydrogen-bond donors (Lipinski definition) is 1. The molecule has 0 saturated carbocycles. The van der Waals surface area contributed by atoms with Gasteiger partial charge >= 0.3 is 0 Å². The zero-order chi connectivity index (χ0) is 22.0. The summed E-state index contributed by atoms with van der Waals surface area (Å²) in [5.74, 6) is 0. The molecule has 1 atom stereocenters. The van der Waals surface area contributed by atoms with Gasteiger partial charge in [-0.05, 0) is 44.9 Å². The largest absolute Gasteiger partial charge is 0.393 e. The Morgan fingerprint density at radius 1 is 0.467 bits per heavy atom. The second-order valence-electron chi connectivity index (χ2n) is 9.29. The SMILES string of the molecule is CCCCC/C=C/C/C=C/CCCCCCCCCC(O)CCCCCCCCC. The molecule has 1 N–H and O–H groups in total. The first-order valence-corrected chi connectivity index (χ1v) is 13.8. The van der Waals surface area contributed by atoms with Crippen LogP contribution in [0.15, 0.2) is 24.3 Å². The third-order valence-corrected chi connectivity index (χ3v) is 6.13. The van der Waals surface area contributed by atoms with Crippen LogP contribution in [0, 0.1) is 0 Å². The molecule has 0 heterocycles. The van der Waals surface area contributed by atoms with Gasteiger partial charge in [-0.3, -0.25) is 0 Å². The van der Waals surface area contributed by atoms with E-state index in [0.29, 0.717) is 0 Å². The van der Waals surface area contributed by atoms with Crippen molar-refractivity contribution in [2.24, 2.45) is 0 Å². The summed E-state index contributed by atoms with van der Waals surface area (Å²) < 4.78 is 0. The lowest BCUT2D eigenvalue weighted by Gasteiger charge is -2.10. The van der Waals surface area contributed by atoms with Crippen molar-refractivity contribution in [1.29, 1.82) is 0 Å². The third kappa shape index (κ3) is 25.5. The van der Waals surface area contributed by atoms with Gasteiger partial charge in [0.1, 0.15) is 0 Å². The molecule has 0 bridgehead atoms. The van der Waals surface area contributed by atoms with Crippen molar-refractivity contribution in [1.82, 2.24) is 0 Å². The van der Waals surface area contributed by atoms with Crippen LogP contribution in [0.1, 0.15) is 155 Å². The maximum atomic E-state index is 10.1. The summed E-state index contributed by atoms with van der Waals surface area (Å²) in [5.41, 5.74) is 0. The van der Waals surface area contributed by atoms with Gasteiger partial charge in [-0.2, -0.15) is 0 Å². The topological polar surface area (TPSA) is 20.2 Å². The fourth-order valence-electron chi connectivity index (χ4n) is 4.03. The highest BCUT2D eigenvalue weighted by atomic mass is 16.3. The van der Waals surface area contributed by atoms with E-state index in [2.05, 4.69) is 38.2 Å². The third-order valence-electron chi connectivity index (χ3n) is 6.13. The molecular formula is C29H56O. The van der Waals surface area contributed by atoms with Crippen LogP contribution >= 0.6 is 0 Å². The van der Waals surface area contributed by atoms with Gasteiger partial charge in [-0.25, -0.2) is 0 Å². The molecule has 0 amide bonds. The molecule has 0 rings (SSSR count). The monoisotopic (exact) mass is 420 g/mol. The van der Waals surface area contributed by atoms with Crippen molar-refractivity contribution in [2.75, 3.05) is 0 Å². The van der Waals surface area contributed by atoms with Crippen molar-refractivity contribution in [3.05, 3.63) is 24.3 Å². The fraction of sp³-hybridized carbons (Fsp3) is 0.862. The van der Waals surface area contributed by atoms with E-state index >= 15 is 0 Å².